The summed E-state index contributed by atoms with van der Waals surface area (Å²) in [6.07, 6.45) is 0. The monoisotopic (exact) mass is 399 g/mol. The van der Waals surface area contributed by atoms with E-state index in [1.165, 1.54) is 35.2 Å². The Morgan fingerprint density at radius 2 is 1.93 bits per heavy atom. The fraction of sp³-hybridized carbons (Fsp3) is 0.105. The Hall–Kier alpha value is -2.71. The summed E-state index contributed by atoms with van der Waals surface area (Å²) in [5.41, 5.74) is 2.56. The number of nitrogens with zero attached hydrogens (tertiary/aromatic N) is 3. The predicted octanol–water partition coefficient (Wildman–Crippen LogP) is 5.30. The highest BCUT2D eigenvalue weighted by Crippen LogP contribution is 2.32. The Labute approximate surface area is 163 Å². The summed E-state index contributed by atoms with van der Waals surface area (Å²) >= 11 is 2.94. The van der Waals surface area contributed by atoms with Gasteiger partial charge in [-0.15, -0.1) is 21.5 Å². The van der Waals surface area contributed by atoms with Crippen LogP contribution in [0.3, 0.4) is 0 Å². The molecule has 8 heteroatoms. The zero-order valence-electron chi connectivity index (χ0n) is 14.3. The number of rotatable bonds is 6. The van der Waals surface area contributed by atoms with Crippen molar-refractivity contribution in [3.63, 3.8) is 0 Å². The highest BCUT2D eigenvalue weighted by molar-refractivity contribution is 7.98. The minimum atomic E-state index is -0.256. The van der Waals surface area contributed by atoms with Crippen molar-refractivity contribution in [1.29, 1.82) is 0 Å². The van der Waals surface area contributed by atoms with E-state index in [0.29, 0.717) is 22.6 Å². The van der Waals surface area contributed by atoms with Crippen molar-refractivity contribution in [2.75, 3.05) is 7.11 Å². The number of thioether (sulfide) groups is 1. The molecule has 4 rings (SSSR count). The predicted molar refractivity (Wildman–Crippen MR) is 103 cm³/mol. The van der Waals surface area contributed by atoms with Crippen molar-refractivity contribution in [1.82, 2.24) is 15.2 Å². The first-order valence-electron chi connectivity index (χ1n) is 8.03. The van der Waals surface area contributed by atoms with Crippen molar-refractivity contribution in [2.24, 2.45) is 0 Å². The number of ether oxygens (including phenoxy) is 1. The van der Waals surface area contributed by atoms with Crippen molar-refractivity contribution < 1.29 is 13.5 Å². The topological polar surface area (TPSA) is 61.0 Å². The minimum Gasteiger partial charge on any atom is -0.496 e. The molecule has 0 fully saturated rings. The molecule has 0 radical (unpaired) electrons. The number of aromatic nitrogens is 3. The number of para-hydroxylation sites is 1. The Balaban J connectivity index is 1.44. The van der Waals surface area contributed by atoms with E-state index in [1.54, 1.807) is 19.2 Å². The third kappa shape index (κ3) is 4.01. The maximum absolute atomic E-state index is 13.0. The van der Waals surface area contributed by atoms with Crippen LogP contribution in [0.4, 0.5) is 4.39 Å². The Morgan fingerprint density at radius 1 is 1.11 bits per heavy atom. The molecular weight excluding hydrogens is 385 g/mol. The number of thiazole rings is 1. The molecule has 0 bridgehead atoms. The number of halogens is 1. The molecular formula is C19H14FN3O2S2. The average molecular weight is 399 g/mol. The van der Waals surface area contributed by atoms with Crippen LogP contribution in [0.2, 0.25) is 0 Å². The summed E-state index contributed by atoms with van der Waals surface area (Å²) in [5, 5.41) is 11.5. The van der Waals surface area contributed by atoms with E-state index in [9.17, 15) is 4.39 Å². The fourth-order valence-corrected chi connectivity index (χ4v) is 4.02. The minimum absolute atomic E-state index is 0.256. The van der Waals surface area contributed by atoms with Gasteiger partial charge in [-0.25, -0.2) is 9.37 Å². The standard InChI is InChI=1S/C19H14FN3O2S2/c1-24-16-5-3-2-4-15(16)17-22-23-19(25-17)27-11-14-10-26-18(21-14)12-6-8-13(20)9-7-12/h2-10H,11H2,1H3. The molecule has 5 nitrogen and oxygen atoms in total. The lowest BCUT2D eigenvalue weighted by Gasteiger charge is -2.03. The third-order valence-electron chi connectivity index (χ3n) is 3.73. The van der Waals surface area contributed by atoms with Gasteiger partial charge in [0.15, 0.2) is 0 Å². The van der Waals surface area contributed by atoms with E-state index >= 15 is 0 Å². The zero-order valence-corrected chi connectivity index (χ0v) is 15.9. The smallest absolute Gasteiger partial charge is 0.277 e. The molecule has 4 aromatic rings. The largest absolute Gasteiger partial charge is 0.496 e. The highest BCUT2D eigenvalue weighted by atomic mass is 32.2. The van der Waals surface area contributed by atoms with Crippen LogP contribution in [0.1, 0.15) is 5.69 Å². The Kier molecular flexibility index (Phi) is 5.17. The molecule has 0 aliphatic heterocycles. The lowest BCUT2D eigenvalue weighted by atomic mass is 10.2. The molecule has 0 atom stereocenters. The molecule has 0 saturated heterocycles. The lowest BCUT2D eigenvalue weighted by molar-refractivity contribution is 0.411. The zero-order chi connectivity index (χ0) is 18.6. The van der Waals surface area contributed by atoms with Crippen molar-refractivity contribution in [3.8, 4) is 27.8 Å². The van der Waals surface area contributed by atoms with Gasteiger partial charge in [-0.1, -0.05) is 23.9 Å². The van der Waals surface area contributed by atoms with Gasteiger partial charge in [-0.3, -0.25) is 0 Å². The second kappa shape index (κ2) is 7.89. The van der Waals surface area contributed by atoms with E-state index in [1.807, 2.05) is 29.6 Å². The SMILES string of the molecule is COc1ccccc1-c1nnc(SCc2csc(-c3ccc(F)cc3)n2)o1. The molecule has 0 N–H and O–H groups in total. The van der Waals surface area contributed by atoms with Gasteiger partial charge in [0.05, 0.1) is 18.4 Å². The fourth-order valence-electron chi connectivity index (χ4n) is 2.43. The molecule has 0 aliphatic rings. The number of benzene rings is 2. The Bertz CT molecular complexity index is 1050. The van der Waals surface area contributed by atoms with Crippen molar-refractivity contribution in [3.05, 3.63) is 65.4 Å². The second-order valence-electron chi connectivity index (χ2n) is 5.51. The van der Waals surface area contributed by atoms with Crippen molar-refractivity contribution in [2.45, 2.75) is 11.0 Å². The summed E-state index contributed by atoms with van der Waals surface area (Å²) in [6.45, 7) is 0. The van der Waals surface area contributed by atoms with Crippen molar-refractivity contribution >= 4 is 23.1 Å². The first-order valence-corrected chi connectivity index (χ1v) is 9.89. The number of hydrogen-bond acceptors (Lipinski definition) is 7. The van der Waals surface area contributed by atoms with Crippen LogP contribution in [0, 0.1) is 5.82 Å². The molecule has 2 aromatic carbocycles. The van der Waals surface area contributed by atoms with Gasteiger partial charge >= 0.3 is 0 Å². The van der Waals surface area contributed by atoms with Crippen LogP contribution >= 0.6 is 23.1 Å². The van der Waals surface area contributed by atoms with E-state index in [-0.39, 0.29) is 5.82 Å². The number of hydrogen-bond donors (Lipinski definition) is 0. The van der Waals surface area contributed by atoms with Gasteiger partial charge in [0, 0.05) is 16.7 Å². The summed E-state index contributed by atoms with van der Waals surface area (Å²) in [6, 6.07) is 13.8. The second-order valence-corrected chi connectivity index (χ2v) is 7.30. The Morgan fingerprint density at radius 3 is 2.74 bits per heavy atom. The van der Waals surface area contributed by atoms with Gasteiger partial charge in [-0.05, 0) is 36.4 Å². The maximum Gasteiger partial charge on any atom is 0.277 e. The molecule has 0 unspecified atom stereocenters. The van der Waals surface area contributed by atoms with E-state index in [2.05, 4.69) is 15.2 Å². The third-order valence-corrected chi connectivity index (χ3v) is 5.52. The van der Waals surface area contributed by atoms with Gasteiger partial charge in [0.1, 0.15) is 16.6 Å². The molecule has 27 heavy (non-hydrogen) atoms. The maximum atomic E-state index is 13.0. The summed E-state index contributed by atoms with van der Waals surface area (Å²) < 4.78 is 24.1. The molecule has 136 valence electrons. The van der Waals surface area contributed by atoms with E-state index in [4.69, 9.17) is 9.15 Å². The molecule has 0 saturated carbocycles. The summed E-state index contributed by atoms with van der Waals surface area (Å²) in [4.78, 5) is 4.58. The normalized spacial score (nSPS) is 10.9. The average Bonchev–Trinajstić information content (AvgIpc) is 3.36. The van der Waals surface area contributed by atoms with Crippen LogP contribution in [0.25, 0.3) is 22.0 Å². The summed E-state index contributed by atoms with van der Waals surface area (Å²) in [7, 11) is 1.60. The molecule has 0 amide bonds. The first kappa shape index (κ1) is 17.7. The molecule has 2 aromatic heterocycles. The molecule has 2 heterocycles. The van der Waals surface area contributed by atoms with Gasteiger partial charge in [0.25, 0.3) is 11.1 Å². The van der Waals surface area contributed by atoms with Gasteiger partial charge in [0.2, 0.25) is 0 Å². The number of methoxy groups -OCH3 is 1. The van der Waals surface area contributed by atoms with Gasteiger partial charge in [-0.2, -0.15) is 0 Å². The molecule has 0 spiro atoms. The van der Waals surface area contributed by atoms with E-state index in [0.717, 1.165) is 21.8 Å². The van der Waals surface area contributed by atoms with Gasteiger partial charge < -0.3 is 9.15 Å². The van der Waals surface area contributed by atoms with Crippen LogP contribution < -0.4 is 4.74 Å². The van der Waals surface area contributed by atoms with Crippen LogP contribution in [0.5, 0.6) is 5.75 Å². The van der Waals surface area contributed by atoms with Crippen LogP contribution in [-0.2, 0) is 5.75 Å². The van der Waals surface area contributed by atoms with Crippen LogP contribution in [0.15, 0.2) is 63.6 Å². The quantitative estimate of drug-likeness (QED) is 0.410. The summed E-state index contributed by atoms with van der Waals surface area (Å²) in [5.74, 6) is 1.44. The highest BCUT2D eigenvalue weighted by Gasteiger charge is 2.14. The van der Waals surface area contributed by atoms with E-state index < -0.39 is 0 Å². The lowest BCUT2D eigenvalue weighted by Crippen LogP contribution is -1.87. The first-order chi connectivity index (χ1) is 13.2. The molecule has 0 aliphatic carbocycles. The van der Waals surface area contributed by atoms with Crippen LogP contribution in [-0.4, -0.2) is 22.3 Å².